The average molecular weight is 481 g/mol. The minimum Gasteiger partial charge on any atom is -0.0656 e. The molecule has 2 atom stereocenters. The van der Waals surface area contributed by atoms with Crippen LogP contribution in [0, 0.1) is 19.8 Å². The van der Waals surface area contributed by atoms with E-state index in [-0.39, 0.29) is 0 Å². The van der Waals surface area contributed by atoms with Crippen LogP contribution in [0.3, 0.4) is 0 Å². The first-order chi connectivity index (χ1) is 16.0. The second kappa shape index (κ2) is 8.98. The molecule has 0 N–H and O–H groups in total. The molecule has 0 radical (unpaired) electrons. The molecule has 0 saturated carbocycles. The van der Waals surface area contributed by atoms with Crippen LogP contribution in [0.25, 0.3) is 0 Å². The van der Waals surface area contributed by atoms with E-state index in [0.717, 1.165) is 0 Å². The third-order valence-electron chi connectivity index (χ3n) is 8.08. The van der Waals surface area contributed by atoms with Crippen molar-refractivity contribution < 1.29 is 0 Å². The fourth-order valence-electron chi connectivity index (χ4n) is 5.94. The van der Waals surface area contributed by atoms with Crippen LogP contribution >= 0.6 is 0 Å². The lowest BCUT2D eigenvalue weighted by molar-refractivity contribution is 0.851. The smallest absolute Gasteiger partial charge is 0.0656 e. The van der Waals surface area contributed by atoms with Crippen molar-refractivity contribution in [1.29, 1.82) is 0 Å². The summed E-state index contributed by atoms with van der Waals surface area (Å²) in [6, 6.07) is 28.4. The SMILES string of the molecule is CC1=C(C)C(C)C([Si](c2ccccc2)(c2cccc(C)c2)c2cc(C)cc([Si](C)(C)C)c2)=C1C. The normalized spacial score (nSPS) is 18.4. The van der Waals surface area contributed by atoms with Crippen LogP contribution < -0.4 is 20.7 Å². The Bertz CT molecular complexity index is 1290. The maximum atomic E-state index is 2.61. The molecule has 3 aromatic carbocycles. The van der Waals surface area contributed by atoms with Crippen molar-refractivity contribution in [2.45, 2.75) is 61.2 Å². The van der Waals surface area contributed by atoms with Crippen molar-refractivity contribution in [2.24, 2.45) is 5.92 Å². The Hall–Kier alpha value is -2.43. The van der Waals surface area contributed by atoms with Gasteiger partial charge in [0.2, 0.25) is 0 Å². The van der Waals surface area contributed by atoms with Crippen LogP contribution in [-0.4, -0.2) is 16.1 Å². The molecule has 4 rings (SSSR count). The predicted octanol–water partition coefficient (Wildman–Crippen LogP) is 6.16. The van der Waals surface area contributed by atoms with E-state index in [1.54, 1.807) is 15.6 Å². The van der Waals surface area contributed by atoms with Crippen LogP contribution in [0.15, 0.2) is 94.7 Å². The van der Waals surface area contributed by atoms with Crippen LogP contribution in [0.2, 0.25) is 19.6 Å². The molecule has 0 amide bonds. The lowest BCUT2D eigenvalue weighted by atomic mass is 10.1. The Morgan fingerprint density at radius 2 is 1.15 bits per heavy atom. The summed E-state index contributed by atoms with van der Waals surface area (Å²) in [6.45, 7) is 21.5. The van der Waals surface area contributed by atoms with Gasteiger partial charge in [-0.1, -0.05) is 132 Å². The van der Waals surface area contributed by atoms with Crippen LogP contribution in [0.1, 0.15) is 38.8 Å². The van der Waals surface area contributed by atoms with Gasteiger partial charge in [-0.2, -0.15) is 0 Å². The molecule has 34 heavy (non-hydrogen) atoms. The van der Waals surface area contributed by atoms with E-state index in [1.807, 2.05) is 0 Å². The van der Waals surface area contributed by atoms with E-state index in [0.29, 0.717) is 5.92 Å². The van der Waals surface area contributed by atoms with Crippen molar-refractivity contribution in [3.63, 3.8) is 0 Å². The lowest BCUT2D eigenvalue weighted by Crippen LogP contribution is -2.70. The van der Waals surface area contributed by atoms with Crippen LogP contribution in [-0.2, 0) is 0 Å². The number of aryl methyl sites for hydroxylation is 2. The minimum absolute atomic E-state index is 0.447. The number of hydrogen-bond acceptors (Lipinski definition) is 0. The summed E-state index contributed by atoms with van der Waals surface area (Å²) in [7, 11) is -4.01. The Labute approximate surface area is 209 Å². The number of allylic oxidation sites excluding steroid dienone is 4. The van der Waals surface area contributed by atoms with Gasteiger partial charge >= 0.3 is 0 Å². The summed E-state index contributed by atoms with van der Waals surface area (Å²) in [6.07, 6.45) is 0. The summed E-state index contributed by atoms with van der Waals surface area (Å²) in [4.78, 5) is 0. The van der Waals surface area contributed by atoms with Gasteiger partial charge in [0.05, 0.1) is 8.07 Å². The fourth-order valence-corrected chi connectivity index (χ4v) is 13.2. The molecular weight excluding hydrogens is 441 g/mol. The third kappa shape index (κ3) is 4.01. The van der Waals surface area contributed by atoms with Gasteiger partial charge in [-0.05, 0) is 61.7 Å². The van der Waals surface area contributed by atoms with Gasteiger partial charge in [0.1, 0.15) is 0 Å². The zero-order valence-corrected chi connectivity index (χ0v) is 24.5. The Kier molecular flexibility index (Phi) is 6.52. The molecule has 0 heterocycles. The van der Waals surface area contributed by atoms with Crippen molar-refractivity contribution in [1.82, 2.24) is 0 Å². The zero-order chi connectivity index (χ0) is 24.8. The second-order valence-electron chi connectivity index (χ2n) is 11.4. The number of benzene rings is 3. The first-order valence-electron chi connectivity index (χ1n) is 12.6. The zero-order valence-electron chi connectivity index (χ0n) is 22.5. The number of rotatable bonds is 5. The molecule has 1 aliphatic carbocycles. The summed E-state index contributed by atoms with van der Waals surface area (Å²) in [5, 5.41) is 7.79. The molecular formula is C32H40Si2. The van der Waals surface area contributed by atoms with Gasteiger partial charge in [-0.25, -0.2) is 0 Å². The van der Waals surface area contributed by atoms with E-state index in [9.17, 15) is 0 Å². The predicted molar refractivity (Wildman–Crippen MR) is 157 cm³/mol. The number of hydrogen-bond donors (Lipinski definition) is 0. The average Bonchev–Trinajstić information content (AvgIpc) is 2.98. The molecule has 1 aliphatic rings. The molecule has 2 unspecified atom stereocenters. The summed E-state index contributed by atoms with van der Waals surface area (Å²) < 4.78 is 0. The standard InChI is InChI=1S/C32H40Si2/c1-22-14-13-17-29(18-22)34(28-15-11-10-12-16-28,32-26(5)24(3)25(4)27(32)6)31-20-23(2)19-30(21-31)33(7,8)9/h10-21,26H,1-9H3. The quantitative estimate of drug-likeness (QED) is 0.303. The van der Waals surface area contributed by atoms with Gasteiger partial charge in [-0.3, -0.25) is 0 Å². The van der Waals surface area contributed by atoms with Crippen molar-refractivity contribution in [3.8, 4) is 0 Å². The van der Waals surface area contributed by atoms with E-state index in [4.69, 9.17) is 0 Å². The summed E-state index contributed by atoms with van der Waals surface area (Å²) in [5.41, 5.74) is 7.26. The molecule has 0 aromatic heterocycles. The van der Waals surface area contributed by atoms with Gasteiger partial charge in [0.15, 0.2) is 8.07 Å². The highest BCUT2D eigenvalue weighted by atomic mass is 28.3. The molecule has 3 aromatic rings. The minimum atomic E-state index is -2.51. The monoisotopic (exact) mass is 480 g/mol. The molecule has 0 fully saturated rings. The summed E-state index contributed by atoms with van der Waals surface area (Å²) >= 11 is 0. The maximum Gasteiger partial charge on any atom is 0.176 e. The molecule has 176 valence electrons. The van der Waals surface area contributed by atoms with Gasteiger partial charge in [0, 0.05) is 0 Å². The highest BCUT2D eigenvalue weighted by Gasteiger charge is 2.48. The molecule has 0 aliphatic heterocycles. The maximum absolute atomic E-state index is 2.61. The van der Waals surface area contributed by atoms with E-state index < -0.39 is 16.1 Å². The van der Waals surface area contributed by atoms with E-state index in [2.05, 4.69) is 134 Å². The molecule has 0 nitrogen and oxygen atoms in total. The Balaban J connectivity index is 2.23. The van der Waals surface area contributed by atoms with Gasteiger partial charge in [0.25, 0.3) is 0 Å². The van der Waals surface area contributed by atoms with Crippen molar-refractivity contribution in [3.05, 3.63) is 106 Å². The molecule has 0 saturated heterocycles. The van der Waals surface area contributed by atoms with Crippen LogP contribution in [0.5, 0.6) is 0 Å². The second-order valence-corrected chi connectivity index (χ2v) is 20.2. The highest BCUT2D eigenvalue weighted by Crippen LogP contribution is 2.41. The fraction of sp³-hybridized carbons (Fsp3) is 0.312. The van der Waals surface area contributed by atoms with Crippen molar-refractivity contribution in [2.75, 3.05) is 0 Å². The largest absolute Gasteiger partial charge is 0.176 e. The van der Waals surface area contributed by atoms with E-state index >= 15 is 0 Å². The molecule has 0 bridgehead atoms. The third-order valence-corrected chi connectivity index (χ3v) is 15.2. The topological polar surface area (TPSA) is 0 Å². The Morgan fingerprint density at radius 3 is 1.71 bits per heavy atom. The van der Waals surface area contributed by atoms with Gasteiger partial charge < -0.3 is 0 Å². The molecule has 2 heteroatoms. The molecule has 0 spiro atoms. The van der Waals surface area contributed by atoms with Crippen LogP contribution in [0.4, 0.5) is 0 Å². The van der Waals surface area contributed by atoms with Gasteiger partial charge in [-0.15, -0.1) is 0 Å². The lowest BCUT2D eigenvalue weighted by Gasteiger charge is -2.39. The van der Waals surface area contributed by atoms with Crippen molar-refractivity contribution >= 4 is 36.9 Å². The summed E-state index contributed by atoms with van der Waals surface area (Å²) in [5.74, 6) is 0.447. The van der Waals surface area contributed by atoms with E-state index in [1.165, 1.54) is 38.2 Å². The highest BCUT2D eigenvalue weighted by molar-refractivity contribution is 7.16. The first-order valence-corrected chi connectivity index (χ1v) is 18.1. The Morgan fingerprint density at radius 1 is 0.559 bits per heavy atom. The first kappa shape index (κ1) is 24.7.